The van der Waals surface area contributed by atoms with Crippen LogP contribution in [-0.4, -0.2) is 12.1 Å². The first kappa shape index (κ1) is 14.4. The van der Waals surface area contributed by atoms with Crippen LogP contribution >= 0.6 is 11.6 Å². The van der Waals surface area contributed by atoms with Crippen molar-refractivity contribution < 1.29 is 4.79 Å². The largest absolute Gasteiger partial charge is 0.324 e. The second-order valence-electron chi connectivity index (χ2n) is 4.45. The number of aryl methyl sites for hydroxylation is 1. The predicted octanol–water partition coefficient (Wildman–Crippen LogP) is 3.43. The first-order valence-corrected chi connectivity index (χ1v) is 6.11. The molecule has 96 valence electrons. The number of rotatable bonds is 3. The SMILES string of the molecule is C#CC(NC(=O)Nc1ccc(C)c(Cl)c1)C(C)C. The lowest BCUT2D eigenvalue weighted by molar-refractivity contribution is 0.248. The Morgan fingerprint density at radius 3 is 2.61 bits per heavy atom. The molecule has 0 bridgehead atoms. The summed E-state index contributed by atoms with van der Waals surface area (Å²) in [5, 5.41) is 6.03. The molecule has 1 unspecified atom stereocenters. The van der Waals surface area contributed by atoms with E-state index in [-0.39, 0.29) is 18.0 Å². The van der Waals surface area contributed by atoms with E-state index < -0.39 is 0 Å². The van der Waals surface area contributed by atoms with Crippen molar-refractivity contribution >= 4 is 23.3 Å². The summed E-state index contributed by atoms with van der Waals surface area (Å²) in [7, 11) is 0. The topological polar surface area (TPSA) is 41.1 Å². The third-order valence-electron chi connectivity index (χ3n) is 2.56. The first-order valence-electron chi connectivity index (χ1n) is 5.74. The minimum Gasteiger partial charge on any atom is -0.324 e. The summed E-state index contributed by atoms with van der Waals surface area (Å²) < 4.78 is 0. The lowest BCUT2D eigenvalue weighted by Crippen LogP contribution is -2.40. The van der Waals surface area contributed by atoms with Crippen molar-refractivity contribution in [1.82, 2.24) is 5.32 Å². The highest BCUT2D eigenvalue weighted by molar-refractivity contribution is 6.31. The molecule has 2 N–H and O–H groups in total. The normalized spacial score (nSPS) is 11.8. The molecule has 2 amide bonds. The summed E-state index contributed by atoms with van der Waals surface area (Å²) in [5.41, 5.74) is 1.61. The zero-order chi connectivity index (χ0) is 13.7. The number of hydrogen-bond donors (Lipinski definition) is 2. The average Bonchev–Trinajstić information content (AvgIpc) is 2.30. The van der Waals surface area contributed by atoms with E-state index in [9.17, 15) is 4.79 Å². The molecule has 0 aliphatic carbocycles. The number of carbonyl (C=O) groups is 1. The van der Waals surface area contributed by atoms with E-state index >= 15 is 0 Å². The number of nitrogens with one attached hydrogen (secondary N) is 2. The van der Waals surface area contributed by atoms with Gasteiger partial charge in [0.2, 0.25) is 0 Å². The van der Waals surface area contributed by atoms with E-state index in [1.807, 2.05) is 26.8 Å². The van der Waals surface area contributed by atoms with Crippen molar-refractivity contribution in [3.63, 3.8) is 0 Å². The van der Waals surface area contributed by atoms with Gasteiger partial charge in [0.25, 0.3) is 0 Å². The maximum Gasteiger partial charge on any atom is 0.320 e. The summed E-state index contributed by atoms with van der Waals surface area (Å²) in [5.74, 6) is 2.72. The Balaban J connectivity index is 2.65. The number of anilines is 1. The summed E-state index contributed by atoms with van der Waals surface area (Å²) in [6.07, 6.45) is 5.35. The van der Waals surface area contributed by atoms with Crippen molar-refractivity contribution in [2.45, 2.75) is 26.8 Å². The Bertz CT molecular complexity index is 477. The van der Waals surface area contributed by atoms with Crippen LogP contribution in [0, 0.1) is 25.2 Å². The standard InChI is InChI=1S/C14H17ClN2O/c1-5-13(9(2)3)17-14(18)16-11-7-6-10(4)12(15)8-11/h1,6-9,13H,2-4H3,(H2,16,17,18). The Kier molecular flexibility index (Phi) is 5.06. The monoisotopic (exact) mass is 264 g/mol. The Hall–Kier alpha value is -1.66. The predicted molar refractivity (Wildman–Crippen MR) is 75.8 cm³/mol. The molecule has 0 spiro atoms. The van der Waals surface area contributed by atoms with Crippen LogP contribution in [0.25, 0.3) is 0 Å². The third-order valence-corrected chi connectivity index (χ3v) is 2.97. The molecule has 18 heavy (non-hydrogen) atoms. The minimum absolute atomic E-state index is 0.183. The molecule has 0 aromatic heterocycles. The fourth-order valence-electron chi connectivity index (χ4n) is 1.38. The van der Waals surface area contributed by atoms with Gasteiger partial charge in [0.1, 0.15) is 0 Å². The van der Waals surface area contributed by atoms with Crippen molar-refractivity contribution in [2.24, 2.45) is 5.92 Å². The van der Waals surface area contributed by atoms with Gasteiger partial charge in [0.15, 0.2) is 0 Å². The number of carbonyl (C=O) groups excluding carboxylic acids is 1. The molecule has 0 aliphatic rings. The molecule has 0 fully saturated rings. The van der Waals surface area contributed by atoms with Crippen molar-refractivity contribution in [2.75, 3.05) is 5.32 Å². The molecule has 1 atom stereocenters. The highest BCUT2D eigenvalue weighted by Gasteiger charge is 2.13. The van der Waals surface area contributed by atoms with Gasteiger partial charge in [-0.3, -0.25) is 0 Å². The maximum absolute atomic E-state index is 11.7. The van der Waals surface area contributed by atoms with Gasteiger partial charge in [-0.2, -0.15) is 0 Å². The fraction of sp³-hybridized carbons (Fsp3) is 0.357. The number of amides is 2. The molecule has 0 saturated heterocycles. The zero-order valence-electron chi connectivity index (χ0n) is 10.8. The molecule has 3 nitrogen and oxygen atoms in total. The van der Waals surface area contributed by atoms with Crippen LogP contribution in [0.2, 0.25) is 5.02 Å². The van der Waals surface area contributed by atoms with Crippen molar-refractivity contribution in [3.8, 4) is 12.3 Å². The summed E-state index contributed by atoms with van der Waals surface area (Å²) in [6.45, 7) is 5.81. The van der Waals surface area contributed by atoms with Crippen LogP contribution in [0.4, 0.5) is 10.5 Å². The minimum atomic E-state index is -0.327. The van der Waals surface area contributed by atoms with Crippen LogP contribution in [0.15, 0.2) is 18.2 Å². The highest BCUT2D eigenvalue weighted by Crippen LogP contribution is 2.19. The van der Waals surface area contributed by atoms with Crippen LogP contribution in [0.1, 0.15) is 19.4 Å². The number of terminal acetylenes is 1. The lowest BCUT2D eigenvalue weighted by atomic mass is 10.1. The van der Waals surface area contributed by atoms with E-state index in [1.165, 1.54) is 0 Å². The van der Waals surface area contributed by atoms with Gasteiger partial charge in [0.05, 0.1) is 6.04 Å². The molecule has 4 heteroatoms. The molecular formula is C14H17ClN2O. The second kappa shape index (κ2) is 6.32. The summed E-state index contributed by atoms with van der Waals surface area (Å²) in [4.78, 5) is 11.7. The van der Waals surface area contributed by atoms with E-state index in [0.29, 0.717) is 10.7 Å². The van der Waals surface area contributed by atoms with Gasteiger partial charge in [-0.1, -0.05) is 37.4 Å². The Morgan fingerprint density at radius 2 is 2.11 bits per heavy atom. The summed E-state index contributed by atoms with van der Waals surface area (Å²) >= 11 is 5.98. The van der Waals surface area contributed by atoms with E-state index in [2.05, 4.69) is 16.6 Å². The molecule has 0 aliphatic heterocycles. The smallest absolute Gasteiger partial charge is 0.320 e. The van der Waals surface area contributed by atoms with Crippen LogP contribution in [0.3, 0.4) is 0 Å². The van der Waals surface area contributed by atoms with Gasteiger partial charge in [-0.25, -0.2) is 4.79 Å². The zero-order valence-corrected chi connectivity index (χ0v) is 11.5. The molecule has 1 aromatic carbocycles. The third kappa shape index (κ3) is 3.97. The van der Waals surface area contributed by atoms with Crippen molar-refractivity contribution in [3.05, 3.63) is 28.8 Å². The Labute approximate surface area is 113 Å². The quantitative estimate of drug-likeness (QED) is 0.807. The Morgan fingerprint density at radius 1 is 1.44 bits per heavy atom. The molecule has 0 heterocycles. The average molecular weight is 265 g/mol. The number of hydrogen-bond acceptors (Lipinski definition) is 1. The molecule has 0 saturated carbocycles. The van der Waals surface area contributed by atoms with E-state index in [0.717, 1.165) is 5.56 Å². The number of benzene rings is 1. The molecular weight excluding hydrogens is 248 g/mol. The van der Waals surface area contributed by atoms with E-state index in [4.69, 9.17) is 18.0 Å². The molecule has 1 rings (SSSR count). The van der Waals surface area contributed by atoms with Crippen LogP contribution in [-0.2, 0) is 0 Å². The molecule has 0 radical (unpaired) electrons. The highest BCUT2D eigenvalue weighted by atomic mass is 35.5. The van der Waals surface area contributed by atoms with E-state index in [1.54, 1.807) is 12.1 Å². The number of urea groups is 1. The van der Waals surface area contributed by atoms with Gasteiger partial charge in [-0.15, -0.1) is 6.42 Å². The maximum atomic E-state index is 11.7. The molecule has 1 aromatic rings. The first-order chi connectivity index (χ1) is 8.43. The number of halogens is 1. The van der Waals surface area contributed by atoms with Crippen molar-refractivity contribution in [1.29, 1.82) is 0 Å². The second-order valence-corrected chi connectivity index (χ2v) is 4.86. The fourth-order valence-corrected chi connectivity index (χ4v) is 1.56. The lowest BCUT2D eigenvalue weighted by Gasteiger charge is -2.17. The van der Waals surface area contributed by atoms with Gasteiger partial charge in [0, 0.05) is 10.7 Å². The summed E-state index contributed by atoms with van der Waals surface area (Å²) in [6, 6.07) is 4.73. The van der Waals surface area contributed by atoms with Crippen LogP contribution < -0.4 is 10.6 Å². The van der Waals surface area contributed by atoms with Gasteiger partial charge < -0.3 is 10.6 Å². The van der Waals surface area contributed by atoms with Crippen LogP contribution in [0.5, 0.6) is 0 Å². The van der Waals surface area contributed by atoms with Gasteiger partial charge >= 0.3 is 6.03 Å². The van der Waals surface area contributed by atoms with Gasteiger partial charge in [-0.05, 0) is 30.5 Å².